The fourth-order valence-corrected chi connectivity index (χ4v) is 4.48. The highest BCUT2D eigenvalue weighted by atomic mass is 32.2. The first-order valence-corrected chi connectivity index (χ1v) is 8.54. The highest BCUT2D eigenvalue weighted by Gasteiger charge is 2.40. The van der Waals surface area contributed by atoms with Gasteiger partial charge in [-0.2, -0.15) is 4.31 Å². The van der Waals surface area contributed by atoms with E-state index in [-0.39, 0.29) is 18.0 Å². The van der Waals surface area contributed by atoms with Crippen LogP contribution in [0, 0.1) is 5.82 Å². The Kier molecular flexibility index (Phi) is 4.17. The monoisotopic (exact) mass is 340 g/mol. The van der Waals surface area contributed by atoms with Gasteiger partial charge in [0.05, 0.1) is 18.3 Å². The number of nitrogens with zero attached hydrogens (tertiary/aromatic N) is 4. The van der Waals surface area contributed by atoms with Gasteiger partial charge in [-0.25, -0.2) is 12.8 Å². The van der Waals surface area contributed by atoms with Crippen LogP contribution in [0.25, 0.3) is 0 Å². The molecule has 23 heavy (non-hydrogen) atoms. The second-order valence-corrected chi connectivity index (χ2v) is 7.17. The molecule has 124 valence electrons. The fraction of sp³-hybridized carbons (Fsp3) is 0.429. The van der Waals surface area contributed by atoms with Crippen LogP contribution in [0.5, 0.6) is 0 Å². The van der Waals surface area contributed by atoms with Crippen LogP contribution in [0.4, 0.5) is 4.39 Å². The average molecular weight is 340 g/mol. The molecule has 1 aliphatic heterocycles. The van der Waals surface area contributed by atoms with Gasteiger partial charge in [0.25, 0.3) is 0 Å². The van der Waals surface area contributed by atoms with Crippen molar-refractivity contribution in [2.75, 3.05) is 20.3 Å². The highest BCUT2D eigenvalue weighted by Crippen LogP contribution is 2.33. The molecule has 0 amide bonds. The molecule has 0 N–H and O–H groups in total. The summed E-state index contributed by atoms with van der Waals surface area (Å²) in [6.07, 6.45) is 0.465. The maximum atomic E-state index is 14.0. The zero-order valence-electron chi connectivity index (χ0n) is 12.8. The van der Waals surface area contributed by atoms with E-state index in [1.807, 2.05) is 0 Å². The van der Waals surface area contributed by atoms with Gasteiger partial charge in [-0.05, 0) is 12.1 Å². The zero-order valence-corrected chi connectivity index (χ0v) is 13.6. The van der Waals surface area contributed by atoms with Crippen molar-refractivity contribution in [2.24, 2.45) is 7.05 Å². The van der Waals surface area contributed by atoms with Gasteiger partial charge in [0, 0.05) is 27.1 Å². The van der Waals surface area contributed by atoms with E-state index in [0.717, 1.165) is 11.8 Å². The molecule has 1 aromatic carbocycles. The van der Waals surface area contributed by atoms with Gasteiger partial charge in [-0.15, -0.1) is 5.10 Å². The number of benzene rings is 1. The third kappa shape index (κ3) is 2.64. The number of methoxy groups -OCH3 is 1. The molecular formula is C14H17FN4O3S. The summed E-state index contributed by atoms with van der Waals surface area (Å²) in [6, 6.07) is 4.73. The molecule has 0 aliphatic carbocycles. The standard InChI is InChI=1S/C14H17FN4O3S/c1-18-11-7-8-19(12(9-22-2)14(11)16-17-18)23(20,21)13-6-4-3-5-10(13)15/h3-6,12H,7-9H2,1-2H3/t12-/m0/s1. The smallest absolute Gasteiger partial charge is 0.246 e. The van der Waals surface area contributed by atoms with Gasteiger partial charge in [0.1, 0.15) is 16.4 Å². The topological polar surface area (TPSA) is 77.3 Å². The summed E-state index contributed by atoms with van der Waals surface area (Å²) < 4.78 is 47.8. The number of fused-ring (bicyclic) bond motifs is 1. The molecule has 0 radical (unpaired) electrons. The Morgan fingerprint density at radius 2 is 2.13 bits per heavy atom. The SMILES string of the molecule is COC[C@H]1c2nnn(C)c2CCN1S(=O)(=O)c1ccccc1F. The van der Waals surface area contributed by atoms with E-state index in [0.29, 0.717) is 12.1 Å². The van der Waals surface area contributed by atoms with Crippen molar-refractivity contribution >= 4 is 10.0 Å². The lowest BCUT2D eigenvalue weighted by Crippen LogP contribution is -2.42. The van der Waals surface area contributed by atoms with E-state index in [9.17, 15) is 12.8 Å². The second kappa shape index (κ2) is 5.99. The Morgan fingerprint density at radius 1 is 1.39 bits per heavy atom. The maximum absolute atomic E-state index is 14.0. The molecule has 7 nitrogen and oxygen atoms in total. The zero-order chi connectivity index (χ0) is 16.6. The first-order chi connectivity index (χ1) is 11.0. The van der Waals surface area contributed by atoms with Crippen molar-refractivity contribution in [3.63, 3.8) is 0 Å². The summed E-state index contributed by atoms with van der Waals surface area (Å²) >= 11 is 0. The van der Waals surface area contributed by atoms with E-state index in [1.165, 1.54) is 29.6 Å². The summed E-state index contributed by atoms with van der Waals surface area (Å²) in [6.45, 7) is 0.346. The second-order valence-electron chi connectivity index (χ2n) is 5.31. The van der Waals surface area contributed by atoms with Gasteiger partial charge >= 0.3 is 0 Å². The number of hydrogen-bond donors (Lipinski definition) is 0. The minimum absolute atomic E-state index is 0.124. The van der Waals surface area contributed by atoms with Gasteiger partial charge in [-0.1, -0.05) is 17.3 Å². The Hall–Kier alpha value is -1.84. The molecule has 0 unspecified atom stereocenters. The first-order valence-electron chi connectivity index (χ1n) is 7.10. The van der Waals surface area contributed by atoms with E-state index < -0.39 is 21.9 Å². The van der Waals surface area contributed by atoms with Crippen LogP contribution in [0.15, 0.2) is 29.2 Å². The number of rotatable bonds is 4. The molecule has 0 fully saturated rings. The number of hydrogen-bond acceptors (Lipinski definition) is 5. The normalized spacial score (nSPS) is 18.8. The molecule has 9 heteroatoms. The number of ether oxygens (including phenoxy) is 1. The number of halogens is 1. The molecule has 0 spiro atoms. The molecule has 2 aromatic rings. The van der Waals surface area contributed by atoms with Crippen LogP contribution in [0.1, 0.15) is 17.4 Å². The van der Waals surface area contributed by atoms with E-state index in [4.69, 9.17) is 4.74 Å². The molecule has 0 bridgehead atoms. The molecule has 0 saturated carbocycles. The highest BCUT2D eigenvalue weighted by molar-refractivity contribution is 7.89. The van der Waals surface area contributed by atoms with Crippen LogP contribution in [0.2, 0.25) is 0 Å². The first kappa shape index (κ1) is 16.0. The van der Waals surface area contributed by atoms with Crippen LogP contribution in [-0.2, 0) is 28.2 Å². The van der Waals surface area contributed by atoms with Crippen molar-refractivity contribution < 1.29 is 17.5 Å². The average Bonchev–Trinajstić information content (AvgIpc) is 2.90. The van der Waals surface area contributed by atoms with Crippen LogP contribution in [0.3, 0.4) is 0 Å². The van der Waals surface area contributed by atoms with Crippen molar-refractivity contribution in [2.45, 2.75) is 17.4 Å². The lowest BCUT2D eigenvalue weighted by Gasteiger charge is -2.33. The summed E-state index contributed by atoms with van der Waals surface area (Å²) in [5.41, 5.74) is 1.42. The minimum atomic E-state index is -4.00. The van der Waals surface area contributed by atoms with Crippen molar-refractivity contribution in [3.05, 3.63) is 41.5 Å². The summed E-state index contributed by atoms with van der Waals surface area (Å²) in [7, 11) is -0.751. The molecule has 3 rings (SSSR count). The van der Waals surface area contributed by atoms with Crippen LogP contribution >= 0.6 is 0 Å². The van der Waals surface area contributed by atoms with Crippen molar-refractivity contribution in [1.82, 2.24) is 19.3 Å². The number of aromatic nitrogens is 3. The summed E-state index contributed by atoms with van der Waals surface area (Å²) in [4.78, 5) is -0.339. The maximum Gasteiger partial charge on any atom is 0.246 e. The third-order valence-corrected chi connectivity index (χ3v) is 5.89. The molecule has 1 atom stereocenters. The Bertz CT molecular complexity index is 821. The van der Waals surface area contributed by atoms with Crippen molar-refractivity contribution in [3.8, 4) is 0 Å². The predicted octanol–water partition coefficient (Wildman–Crippen LogP) is 0.889. The summed E-state index contributed by atoms with van der Waals surface area (Å²) in [5, 5.41) is 8.02. The number of aryl methyl sites for hydroxylation is 1. The third-order valence-electron chi connectivity index (χ3n) is 3.95. The van der Waals surface area contributed by atoms with Gasteiger partial charge < -0.3 is 4.74 Å². The largest absolute Gasteiger partial charge is 0.383 e. The lowest BCUT2D eigenvalue weighted by molar-refractivity contribution is 0.125. The quantitative estimate of drug-likeness (QED) is 0.826. The van der Waals surface area contributed by atoms with Gasteiger partial charge in [-0.3, -0.25) is 4.68 Å². The van der Waals surface area contributed by atoms with E-state index in [2.05, 4.69) is 10.3 Å². The molecule has 2 heterocycles. The lowest BCUT2D eigenvalue weighted by atomic mass is 10.1. The Balaban J connectivity index is 2.07. The minimum Gasteiger partial charge on any atom is -0.383 e. The van der Waals surface area contributed by atoms with Crippen LogP contribution in [-0.4, -0.2) is 48.0 Å². The van der Waals surface area contributed by atoms with E-state index in [1.54, 1.807) is 11.7 Å². The van der Waals surface area contributed by atoms with Crippen LogP contribution < -0.4 is 0 Å². The van der Waals surface area contributed by atoms with Gasteiger partial charge in [0.2, 0.25) is 10.0 Å². The summed E-state index contributed by atoms with van der Waals surface area (Å²) in [5.74, 6) is -0.770. The molecule has 0 saturated heterocycles. The van der Waals surface area contributed by atoms with E-state index >= 15 is 0 Å². The number of sulfonamides is 1. The molecular weight excluding hydrogens is 323 g/mol. The van der Waals surface area contributed by atoms with Gasteiger partial charge in [0.15, 0.2) is 0 Å². The fourth-order valence-electron chi connectivity index (χ4n) is 2.84. The predicted molar refractivity (Wildman–Crippen MR) is 79.6 cm³/mol. The Morgan fingerprint density at radius 3 is 2.83 bits per heavy atom. The molecule has 1 aliphatic rings. The molecule has 1 aromatic heterocycles. The Labute approximate surface area is 133 Å². The van der Waals surface area contributed by atoms with Crippen molar-refractivity contribution in [1.29, 1.82) is 0 Å².